The summed E-state index contributed by atoms with van der Waals surface area (Å²) in [7, 11) is 5.03. The van der Waals surface area contributed by atoms with Gasteiger partial charge in [-0.15, -0.1) is 24.0 Å². The quantitative estimate of drug-likeness (QED) is 0.265. The Balaban J connectivity index is 0.00000363. The number of rotatable bonds is 8. The molecule has 0 bridgehead atoms. The molecule has 1 saturated heterocycles. The van der Waals surface area contributed by atoms with Crippen LogP contribution in [0.1, 0.15) is 12.0 Å². The number of aliphatic imine (C=N–C) groups is 1. The van der Waals surface area contributed by atoms with E-state index in [1.807, 2.05) is 42.5 Å². The summed E-state index contributed by atoms with van der Waals surface area (Å²) in [5, 5.41) is 9.40. The molecule has 1 atom stereocenters. The molecule has 1 aliphatic rings. The lowest BCUT2D eigenvalue weighted by Gasteiger charge is -2.22. The highest BCUT2D eigenvalue weighted by molar-refractivity contribution is 14.0. The Hall–Kier alpha value is -2.69. The molecule has 1 fully saturated rings. The minimum Gasteiger partial charge on any atom is -0.497 e. The third kappa shape index (κ3) is 7.18. The number of carbonyl (C=O) groups is 1. The van der Waals surface area contributed by atoms with Crippen molar-refractivity contribution in [1.82, 2.24) is 16.0 Å². The second-order valence-corrected chi connectivity index (χ2v) is 7.30. The highest BCUT2D eigenvalue weighted by atomic mass is 127. The molecule has 0 spiro atoms. The molecule has 3 rings (SSSR count). The van der Waals surface area contributed by atoms with Crippen LogP contribution in [-0.2, 0) is 11.3 Å². The van der Waals surface area contributed by atoms with Crippen LogP contribution in [0, 0.1) is 0 Å². The van der Waals surface area contributed by atoms with E-state index in [9.17, 15) is 4.79 Å². The van der Waals surface area contributed by atoms with E-state index in [1.165, 1.54) is 0 Å². The fraction of sp³-hybridized carbons (Fsp3) is 0.391. The number of amides is 1. The lowest BCUT2D eigenvalue weighted by Crippen LogP contribution is -2.47. The molecule has 32 heavy (non-hydrogen) atoms. The van der Waals surface area contributed by atoms with E-state index in [4.69, 9.17) is 9.47 Å². The molecule has 2 aromatic rings. The predicted octanol–water partition coefficient (Wildman–Crippen LogP) is 2.38. The van der Waals surface area contributed by atoms with E-state index >= 15 is 0 Å². The molecule has 8 nitrogen and oxygen atoms in total. The summed E-state index contributed by atoms with van der Waals surface area (Å²) in [6.45, 7) is 2.38. The van der Waals surface area contributed by atoms with Gasteiger partial charge >= 0.3 is 0 Å². The number of para-hydroxylation sites is 2. The number of nitrogens with zero attached hydrogens (tertiary/aromatic N) is 2. The van der Waals surface area contributed by atoms with Crippen molar-refractivity contribution in [2.45, 2.75) is 19.0 Å². The second-order valence-electron chi connectivity index (χ2n) is 7.30. The Morgan fingerprint density at radius 2 is 1.84 bits per heavy atom. The lowest BCUT2D eigenvalue weighted by molar-refractivity contribution is -0.120. The summed E-state index contributed by atoms with van der Waals surface area (Å²) in [4.78, 5) is 18.7. The van der Waals surface area contributed by atoms with Crippen molar-refractivity contribution in [3.05, 3.63) is 54.1 Å². The first-order chi connectivity index (χ1) is 15.1. The number of benzene rings is 2. The maximum atomic E-state index is 12.2. The Bertz CT molecular complexity index is 891. The molecule has 1 aliphatic heterocycles. The van der Waals surface area contributed by atoms with E-state index in [0.29, 0.717) is 12.5 Å². The van der Waals surface area contributed by atoms with Crippen LogP contribution < -0.4 is 30.3 Å². The van der Waals surface area contributed by atoms with Crippen LogP contribution in [0.25, 0.3) is 0 Å². The van der Waals surface area contributed by atoms with Gasteiger partial charge in [0.1, 0.15) is 11.5 Å². The van der Waals surface area contributed by atoms with Gasteiger partial charge in [-0.1, -0.05) is 24.3 Å². The van der Waals surface area contributed by atoms with Gasteiger partial charge in [0.25, 0.3) is 0 Å². The van der Waals surface area contributed by atoms with Crippen molar-refractivity contribution in [2.24, 2.45) is 4.99 Å². The number of hydrogen-bond donors (Lipinski definition) is 3. The lowest BCUT2D eigenvalue weighted by atomic mass is 10.2. The summed E-state index contributed by atoms with van der Waals surface area (Å²) in [5.41, 5.74) is 2.11. The molecule has 174 valence electrons. The third-order valence-corrected chi connectivity index (χ3v) is 5.24. The normalized spacial score (nSPS) is 15.5. The first-order valence-electron chi connectivity index (χ1n) is 10.4. The molecule has 1 amide bonds. The monoisotopic (exact) mass is 553 g/mol. The standard InChI is InChI=1S/C23H31N5O3.HI/c1-24-23(26-15-22(29)25-14-17-8-10-19(30-2)11-9-17)27-18-12-13-28(16-18)20-6-4-5-7-21(20)31-3;/h4-11,18H,12-16H2,1-3H3,(H,25,29)(H2,24,26,27);1H. The van der Waals surface area contributed by atoms with Crippen LogP contribution in [0.4, 0.5) is 5.69 Å². The molecule has 1 heterocycles. The third-order valence-electron chi connectivity index (χ3n) is 5.24. The Labute approximate surface area is 206 Å². The highest BCUT2D eigenvalue weighted by Crippen LogP contribution is 2.30. The number of ether oxygens (including phenoxy) is 2. The minimum absolute atomic E-state index is 0. The summed E-state index contributed by atoms with van der Waals surface area (Å²) in [6, 6.07) is 15.9. The number of guanidine groups is 1. The molecule has 0 radical (unpaired) electrons. The maximum absolute atomic E-state index is 12.2. The smallest absolute Gasteiger partial charge is 0.239 e. The number of methoxy groups -OCH3 is 2. The molecule has 1 unspecified atom stereocenters. The number of halogens is 1. The maximum Gasteiger partial charge on any atom is 0.239 e. The van der Waals surface area contributed by atoms with Crippen molar-refractivity contribution in [1.29, 1.82) is 0 Å². The zero-order chi connectivity index (χ0) is 22.1. The van der Waals surface area contributed by atoms with Gasteiger partial charge in [0.2, 0.25) is 5.91 Å². The van der Waals surface area contributed by atoms with Gasteiger partial charge < -0.3 is 30.3 Å². The van der Waals surface area contributed by atoms with E-state index in [-0.39, 0.29) is 42.5 Å². The van der Waals surface area contributed by atoms with Crippen LogP contribution in [0.2, 0.25) is 0 Å². The van der Waals surface area contributed by atoms with E-state index in [2.05, 4.69) is 31.9 Å². The first-order valence-corrected chi connectivity index (χ1v) is 10.4. The fourth-order valence-corrected chi connectivity index (χ4v) is 3.55. The summed E-state index contributed by atoms with van der Waals surface area (Å²) in [6.07, 6.45) is 0.975. The van der Waals surface area contributed by atoms with Gasteiger partial charge in [0.05, 0.1) is 26.5 Å². The topological polar surface area (TPSA) is 87.2 Å². The van der Waals surface area contributed by atoms with Gasteiger partial charge in [-0.05, 0) is 36.2 Å². The second kappa shape index (κ2) is 13.0. The Morgan fingerprint density at radius 1 is 1.09 bits per heavy atom. The summed E-state index contributed by atoms with van der Waals surface area (Å²) < 4.78 is 10.6. The molecule has 0 aliphatic carbocycles. The van der Waals surface area contributed by atoms with Crippen LogP contribution in [0.3, 0.4) is 0 Å². The van der Waals surface area contributed by atoms with E-state index < -0.39 is 0 Å². The van der Waals surface area contributed by atoms with Crippen LogP contribution in [0.5, 0.6) is 11.5 Å². The van der Waals surface area contributed by atoms with Crippen molar-refractivity contribution < 1.29 is 14.3 Å². The van der Waals surface area contributed by atoms with Gasteiger partial charge in [-0.2, -0.15) is 0 Å². The largest absolute Gasteiger partial charge is 0.497 e. The first kappa shape index (κ1) is 25.6. The van der Waals surface area contributed by atoms with Crippen molar-refractivity contribution in [3.63, 3.8) is 0 Å². The average Bonchev–Trinajstić information content (AvgIpc) is 3.29. The van der Waals surface area contributed by atoms with Gasteiger partial charge in [-0.25, -0.2) is 0 Å². The molecular formula is C23H32IN5O3. The van der Waals surface area contributed by atoms with Crippen molar-refractivity contribution in [2.75, 3.05) is 45.8 Å². The minimum atomic E-state index is -0.0964. The summed E-state index contributed by atoms with van der Waals surface area (Å²) >= 11 is 0. The van der Waals surface area contributed by atoms with Gasteiger partial charge in [-0.3, -0.25) is 9.79 Å². The molecule has 9 heteroatoms. The average molecular weight is 553 g/mol. The number of carbonyl (C=O) groups excluding carboxylic acids is 1. The fourth-order valence-electron chi connectivity index (χ4n) is 3.55. The Kier molecular flexibility index (Phi) is 10.4. The molecule has 0 saturated carbocycles. The van der Waals surface area contributed by atoms with Crippen molar-refractivity contribution in [3.8, 4) is 11.5 Å². The van der Waals surface area contributed by atoms with Crippen LogP contribution in [0.15, 0.2) is 53.5 Å². The van der Waals surface area contributed by atoms with Gasteiger partial charge in [0.15, 0.2) is 5.96 Å². The van der Waals surface area contributed by atoms with Gasteiger partial charge in [0, 0.05) is 32.7 Å². The highest BCUT2D eigenvalue weighted by Gasteiger charge is 2.25. The zero-order valence-corrected chi connectivity index (χ0v) is 21.1. The predicted molar refractivity (Wildman–Crippen MR) is 138 cm³/mol. The van der Waals surface area contributed by atoms with Crippen molar-refractivity contribution >= 4 is 41.5 Å². The summed E-state index contributed by atoms with van der Waals surface area (Å²) in [5.74, 6) is 2.19. The van der Waals surface area contributed by atoms with E-state index in [1.54, 1.807) is 21.3 Å². The number of nitrogens with one attached hydrogen (secondary N) is 3. The molecular weight excluding hydrogens is 521 g/mol. The van der Waals surface area contributed by atoms with Crippen LogP contribution in [-0.4, -0.2) is 58.8 Å². The Morgan fingerprint density at radius 3 is 2.53 bits per heavy atom. The number of anilines is 1. The zero-order valence-electron chi connectivity index (χ0n) is 18.8. The number of hydrogen-bond acceptors (Lipinski definition) is 5. The SMILES string of the molecule is CN=C(NCC(=O)NCc1ccc(OC)cc1)NC1CCN(c2ccccc2OC)C1.I. The molecule has 3 N–H and O–H groups in total. The molecule has 2 aromatic carbocycles. The van der Waals surface area contributed by atoms with E-state index in [0.717, 1.165) is 42.3 Å². The van der Waals surface area contributed by atoms with Crippen LogP contribution >= 0.6 is 24.0 Å². The molecule has 0 aromatic heterocycles.